The minimum Gasteiger partial charge on any atom is -0.373 e. The summed E-state index contributed by atoms with van der Waals surface area (Å²) in [5.41, 5.74) is 8.77. The number of hydrogen-bond donors (Lipinski definition) is 1. The average molecular weight is 223 g/mol. The van der Waals surface area contributed by atoms with E-state index in [0.717, 1.165) is 35.6 Å². The summed E-state index contributed by atoms with van der Waals surface area (Å²) in [6.45, 7) is 6.71. The first-order valence-electron chi connectivity index (χ1n) is 5.70. The zero-order valence-corrected chi connectivity index (χ0v) is 10.6. The molecule has 1 aromatic heterocycles. The molecule has 0 aliphatic rings. The number of aromatic nitrogens is 2. The molecule has 4 nitrogen and oxygen atoms in total. The van der Waals surface area contributed by atoms with Crippen molar-refractivity contribution in [3.8, 4) is 0 Å². The smallest absolute Gasteiger partial charge is 0.157 e. The fourth-order valence-corrected chi connectivity index (χ4v) is 1.87. The van der Waals surface area contributed by atoms with Gasteiger partial charge in [-0.25, -0.2) is 9.97 Å². The normalized spacial score (nSPS) is 12.8. The van der Waals surface area contributed by atoms with Gasteiger partial charge in [-0.2, -0.15) is 0 Å². The van der Waals surface area contributed by atoms with Crippen molar-refractivity contribution in [1.29, 1.82) is 0 Å². The number of aryl methyl sites for hydroxylation is 2. The van der Waals surface area contributed by atoms with Crippen molar-refractivity contribution in [3.63, 3.8) is 0 Å². The van der Waals surface area contributed by atoms with Gasteiger partial charge in [0.25, 0.3) is 0 Å². The van der Waals surface area contributed by atoms with E-state index < -0.39 is 0 Å². The third kappa shape index (κ3) is 2.77. The summed E-state index contributed by atoms with van der Waals surface area (Å²) >= 11 is 0. The molecule has 90 valence electrons. The summed E-state index contributed by atoms with van der Waals surface area (Å²) in [4.78, 5) is 9.01. The third-order valence-corrected chi connectivity index (χ3v) is 2.78. The highest BCUT2D eigenvalue weighted by Crippen LogP contribution is 2.19. The van der Waals surface area contributed by atoms with E-state index in [4.69, 9.17) is 10.5 Å². The highest BCUT2D eigenvalue weighted by molar-refractivity contribution is 5.25. The zero-order chi connectivity index (χ0) is 12.1. The van der Waals surface area contributed by atoms with Crippen molar-refractivity contribution in [3.05, 3.63) is 22.8 Å². The summed E-state index contributed by atoms with van der Waals surface area (Å²) in [7, 11) is 1.69. The van der Waals surface area contributed by atoms with Crippen LogP contribution < -0.4 is 5.73 Å². The van der Waals surface area contributed by atoms with Gasteiger partial charge in [0.2, 0.25) is 0 Å². The van der Waals surface area contributed by atoms with Crippen LogP contribution in [0.4, 0.5) is 0 Å². The first-order chi connectivity index (χ1) is 7.63. The van der Waals surface area contributed by atoms with Crippen LogP contribution >= 0.6 is 0 Å². The first kappa shape index (κ1) is 13.1. The van der Waals surface area contributed by atoms with Gasteiger partial charge in [-0.3, -0.25) is 0 Å². The minimum absolute atomic E-state index is 0.00988. The Bertz CT molecular complexity index is 325. The van der Waals surface area contributed by atoms with Gasteiger partial charge in [0.05, 0.1) is 0 Å². The van der Waals surface area contributed by atoms with Crippen LogP contribution in [0, 0.1) is 13.8 Å². The SMILES string of the molecule is CCC(OC)c1nc(C)c(CCN)c(C)n1. The predicted octanol–water partition coefficient (Wildman–Crippen LogP) is 1.69. The van der Waals surface area contributed by atoms with Crippen LogP contribution in [0.15, 0.2) is 0 Å². The quantitative estimate of drug-likeness (QED) is 0.825. The molecule has 1 aromatic rings. The summed E-state index contributed by atoms with van der Waals surface area (Å²) in [6, 6.07) is 0. The second kappa shape index (κ2) is 5.92. The van der Waals surface area contributed by atoms with Gasteiger partial charge in [-0.15, -0.1) is 0 Å². The van der Waals surface area contributed by atoms with E-state index in [2.05, 4.69) is 16.9 Å². The maximum atomic E-state index is 5.57. The number of nitrogens with two attached hydrogens (primary N) is 1. The lowest BCUT2D eigenvalue weighted by Gasteiger charge is -2.15. The fraction of sp³-hybridized carbons (Fsp3) is 0.667. The van der Waals surface area contributed by atoms with Crippen molar-refractivity contribution >= 4 is 0 Å². The van der Waals surface area contributed by atoms with Gasteiger partial charge in [0.15, 0.2) is 5.82 Å². The summed E-state index contributed by atoms with van der Waals surface area (Å²) in [5, 5.41) is 0. The van der Waals surface area contributed by atoms with E-state index in [1.54, 1.807) is 7.11 Å². The molecule has 0 aromatic carbocycles. The van der Waals surface area contributed by atoms with Crippen LogP contribution in [0.2, 0.25) is 0 Å². The van der Waals surface area contributed by atoms with E-state index >= 15 is 0 Å². The molecule has 16 heavy (non-hydrogen) atoms. The van der Waals surface area contributed by atoms with Crippen LogP contribution in [0.1, 0.15) is 42.2 Å². The molecule has 1 rings (SSSR count). The minimum atomic E-state index is -0.00988. The summed E-state index contributed by atoms with van der Waals surface area (Å²) in [6.07, 6.45) is 1.71. The molecular weight excluding hydrogens is 202 g/mol. The summed E-state index contributed by atoms with van der Waals surface area (Å²) < 4.78 is 5.35. The monoisotopic (exact) mass is 223 g/mol. The van der Waals surface area contributed by atoms with Crippen LogP contribution in [-0.4, -0.2) is 23.6 Å². The standard InChI is InChI=1S/C12H21N3O/c1-5-11(16-4)12-14-8(2)10(6-7-13)9(3)15-12/h11H,5-7,13H2,1-4H3. The van der Waals surface area contributed by atoms with Crippen molar-refractivity contribution in [2.45, 2.75) is 39.7 Å². The first-order valence-corrected chi connectivity index (χ1v) is 5.70. The van der Waals surface area contributed by atoms with Crippen LogP contribution in [0.5, 0.6) is 0 Å². The molecular formula is C12H21N3O. The molecule has 0 aliphatic heterocycles. The maximum Gasteiger partial charge on any atom is 0.157 e. The molecule has 1 unspecified atom stereocenters. The summed E-state index contributed by atoms with van der Waals surface area (Å²) in [5.74, 6) is 0.778. The van der Waals surface area contributed by atoms with E-state index in [9.17, 15) is 0 Å². The largest absolute Gasteiger partial charge is 0.373 e. The van der Waals surface area contributed by atoms with Gasteiger partial charge in [-0.1, -0.05) is 6.92 Å². The number of methoxy groups -OCH3 is 1. The van der Waals surface area contributed by atoms with Crippen LogP contribution in [0.3, 0.4) is 0 Å². The van der Waals surface area contributed by atoms with E-state index in [1.807, 2.05) is 13.8 Å². The predicted molar refractivity (Wildman–Crippen MR) is 64.3 cm³/mol. The second-order valence-corrected chi connectivity index (χ2v) is 3.90. The maximum absolute atomic E-state index is 5.57. The van der Waals surface area contributed by atoms with Crippen LogP contribution in [0.25, 0.3) is 0 Å². The van der Waals surface area contributed by atoms with Crippen LogP contribution in [-0.2, 0) is 11.2 Å². The van der Waals surface area contributed by atoms with E-state index in [-0.39, 0.29) is 6.10 Å². The molecule has 0 saturated carbocycles. The van der Waals surface area contributed by atoms with E-state index in [1.165, 1.54) is 0 Å². The molecule has 4 heteroatoms. The molecule has 0 saturated heterocycles. The number of rotatable bonds is 5. The number of nitrogens with zero attached hydrogens (tertiary/aromatic N) is 2. The van der Waals surface area contributed by atoms with E-state index in [0.29, 0.717) is 6.54 Å². The van der Waals surface area contributed by atoms with Crippen molar-refractivity contribution in [2.24, 2.45) is 5.73 Å². The molecule has 1 heterocycles. The Kier molecular flexibility index (Phi) is 4.83. The Balaban J connectivity index is 3.08. The Morgan fingerprint density at radius 1 is 1.25 bits per heavy atom. The number of hydrogen-bond acceptors (Lipinski definition) is 4. The molecule has 0 bridgehead atoms. The van der Waals surface area contributed by atoms with Gasteiger partial charge < -0.3 is 10.5 Å². The van der Waals surface area contributed by atoms with Crippen molar-refractivity contribution in [1.82, 2.24) is 9.97 Å². The number of ether oxygens (including phenoxy) is 1. The Labute approximate surface area is 97.2 Å². The Morgan fingerprint density at radius 2 is 1.81 bits per heavy atom. The lowest BCUT2D eigenvalue weighted by atomic mass is 10.1. The molecule has 0 fully saturated rings. The Morgan fingerprint density at radius 3 is 2.19 bits per heavy atom. The molecule has 1 atom stereocenters. The molecule has 0 amide bonds. The van der Waals surface area contributed by atoms with Gasteiger partial charge >= 0.3 is 0 Å². The van der Waals surface area contributed by atoms with Crippen molar-refractivity contribution in [2.75, 3.05) is 13.7 Å². The topological polar surface area (TPSA) is 61.0 Å². The average Bonchev–Trinajstić information content (AvgIpc) is 2.25. The third-order valence-electron chi connectivity index (χ3n) is 2.78. The highest BCUT2D eigenvalue weighted by atomic mass is 16.5. The highest BCUT2D eigenvalue weighted by Gasteiger charge is 2.14. The molecule has 0 radical (unpaired) electrons. The lowest BCUT2D eigenvalue weighted by Crippen LogP contribution is -2.13. The van der Waals surface area contributed by atoms with Gasteiger partial charge in [-0.05, 0) is 38.8 Å². The van der Waals surface area contributed by atoms with Crippen molar-refractivity contribution < 1.29 is 4.74 Å². The second-order valence-electron chi connectivity index (χ2n) is 3.90. The fourth-order valence-electron chi connectivity index (χ4n) is 1.87. The Hall–Kier alpha value is -1.00. The molecule has 0 spiro atoms. The van der Waals surface area contributed by atoms with Gasteiger partial charge in [0, 0.05) is 18.5 Å². The lowest BCUT2D eigenvalue weighted by molar-refractivity contribution is 0.0922. The van der Waals surface area contributed by atoms with Gasteiger partial charge in [0.1, 0.15) is 6.10 Å². The zero-order valence-electron chi connectivity index (χ0n) is 10.6. The molecule has 2 N–H and O–H groups in total. The molecule has 0 aliphatic carbocycles.